The lowest BCUT2D eigenvalue weighted by Gasteiger charge is -2.50. The maximum absolute atomic E-state index is 2.79. The van der Waals surface area contributed by atoms with Crippen molar-refractivity contribution in [2.24, 2.45) is 0 Å². The van der Waals surface area contributed by atoms with E-state index < -0.39 is 13.5 Å². The van der Waals surface area contributed by atoms with E-state index in [4.69, 9.17) is 0 Å². The summed E-state index contributed by atoms with van der Waals surface area (Å²) in [6.45, 7) is 5.58. The standard InChI is InChI=1S/C73H16SSi/c1-75(2,12-7-4-3-5-8-12)11-72-66-58-49-42-29-22-16-17-19-15-14-18(16)27(29)33-31-20(14)24-21(15)32-34-28(19)30-23(17)26-25(22)36-44-37(26)46-43(30)50-48(34)52-39(32)41-35(24)40-38(31)51(47(33)49)62(66)64-53(40)54(41)65-63(52)67-59(50)56(46)61-57(44)60(55(58)45(36)42)68(72)70(61)73(67,71(65)69(64)72)13-9-6-10-74-13/h3-10H,11H2,1-2H3. The fourth-order valence-corrected chi connectivity index (χ4v) is 30.3. The second-order valence-electron chi connectivity index (χ2n) is 27.8. The third-order valence-electron chi connectivity index (χ3n) is 26.6. The van der Waals surface area contributed by atoms with E-state index in [1.807, 2.05) is 0 Å². The molecule has 5 aliphatic rings. The van der Waals surface area contributed by atoms with Crippen LogP contribution in [0.4, 0.5) is 0 Å². The summed E-state index contributed by atoms with van der Waals surface area (Å²) >= 11 is 2.10. The molecule has 5 aliphatic carbocycles. The van der Waals surface area contributed by atoms with Gasteiger partial charge in [0.2, 0.25) is 0 Å². The predicted octanol–water partition coefficient (Wildman–Crippen LogP) is 19.7. The Hall–Kier alpha value is -8.40. The summed E-state index contributed by atoms with van der Waals surface area (Å²) in [5.74, 6) is 0. The molecule has 1 aromatic heterocycles. The highest BCUT2D eigenvalue weighted by atomic mass is 32.1. The third kappa shape index (κ3) is 1.69. The third-order valence-corrected chi connectivity index (χ3v) is 30.9. The van der Waals surface area contributed by atoms with Crippen LogP contribution < -0.4 is 5.19 Å². The van der Waals surface area contributed by atoms with E-state index in [0.717, 1.165) is 0 Å². The van der Waals surface area contributed by atoms with E-state index in [0.29, 0.717) is 0 Å². The molecule has 29 aromatic rings. The average Bonchev–Trinajstić information content (AvgIpc) is 3.54. The maximum atomic E-state index is 2.79. The predicted molar refractivity (Wildman–Crippen MR) is 324 cm³/mol. The Morgan fingerprint density at radius 3 is 0.867 bits per heavy atom. The van der Waals surface area contributed by atoms with Crippen LogP contribution in [0, 0.1) is 0 Å². The van der Waals surface area contributed by atoms with Gasteiger partial charge in [0.15, 0.2) is 0 Å². The van der Waals surface area contributed by atoms with Crippen LogP contribution in [0.5, 0.6) is 0 Å². The molecule has 0 bridgehead atoms. The molecule has 0 amide bonds. The number of hydrogen-bond acceptors (Lipinski definition) is 1. The molecule has 1 heterocycles. The minimum Gasteiger partial charge on any atom is -0.147 e. The molecular formula is C73H16SSi. The molecular weight excluding hydrogens is 937 g/mol. The van der Waals surface area contributed by atoms with Crippen LogP contribution in [0.2, 0.25) is 19.1 Å². The van der Waals surface area contributed by atoms with Crippen LogP contribution in [-0.4, -0.2) is 8.07 Å². The SMILES string of the molecule is C[Si](C)(CC12c3c4c5c6c7c8c9c%10c(c1c1c%11c2c2c%12c3c5c3c5c%12c%12c2c2c%11c%11c%13c1c%10c1c%10c9c9c7c7c6c3c3c5c5c%12c6c2c%11c2c(c%131)c1c%10c9c9c7c3c3c9c1c2c6c53)C48c1cccs1)c1ccccc1. The number of benzene rings is 18. The molecule has 2 unspecified atom stereocenters. The fourth-order valence-electron chi connectivity index (χ4n) is 26.2. The van der Waals surface area contributed by atoms with Gasteiger partial charge in [0, 0.05) is 10.3 Å². The zero-order chi connectivity index (χ0) is 45.2. The van der Waals surface area contributed by atoms with Gasteiger partial charge >= 0.3 is 0 Å². The fraction of sp³-hybridized carbons (Fsp3) is 0.0685. The van der Waals surface area contributed by atoms with Crippen LogP contribution in [-0.2, 0) is 10.8 Å². The van der Waals surface area contributed by atoms with Gasteiger partial charge in [-0.15, -0.1) is 11.3 Å². The second-order valence-corrected chi connectivity index (χ2v) is 33.5. The van der Waals surface area contributed by atoms with Gasteiger partial charge in [0.25, 0.3) is 0 Å². The summed E-state index contributed by atoms with van der Waals surface area (Å²) in [4.78, 5) is 1.58. The molecule has 0 saturated heterocycles. The molecule has 2 atom stereocenters. The zero-order valence-electron chi connectivity index (χ0n) is 39.2. The van der Waals surface area contributed by atoms with Gasteiger partial charge in [-0.25, -0.2) is 0 Å². The first-order valence-corrected chi connectivity index (χ1v) is 32.1. The van der Waals surface area contributed by atoms with Gasteiger partial charge in [0.1, 0.15) is 0 Å². The van der Waals surface area contributed by atoms with Crippen molar-refractivity contribution in [1.82, 2.24) is 0 Å². The van der Waals surface area contributed by atoms with Crippen molar-refractivity contribution in [2.45, 2.75) is 30.0 Å². The Kier molecular flexibility index (Phi) is 2.70. The Morgan fingerprint density at radius 2 is 0.520 bits per heavy atom. The lowest BCUT2D eigenvalue weighted by atomic mass is 9.54. The van der Waals surface area contributed by atoms with Gasteiger partial charge in [-0.3, -0.25) is 0 Å². The van der Waals surface area contributed by atoms with Crippen LogP contribution in [0.3, 0.4) is 0 Å². The summed E-state index contributed by atoms with van der Waals surface area (Å²) in [7, 11) is -2.26. The first-order valence-electron chi connectivity index (χ1n) is 28.0. The van der Waals surface area contributed by atoms with Crippen molar-refractivity contribution in [3.63, 3.8) is 0 Å². The molecule has 0 radical (unpaired) electrons. The van der Waals surface area contributed by atoms with Gasteiger partial charge in [-0.05, 0) is 331 Å². The van der Waals surface area contributed by atoms with Crippen LogP contribution in [0.25, 0.3) is 280 Å². The van der Waals surface area contributed by atoms with E-state index in [1.54, 1.807) is 324 Å². The molecule has 75 heavy (non-hydrogen) atoms. The quantitative estimate of drug-likeness (QED) is 0.122. The van der Waals surface area contributed by atoms with Crippen molar-refractivity contribution in [3.05, 3.63) is 86.1 Å². The highest BCUT2D eigenvalue weighted by molar-refractivity contribution is 7.10. The van der Waals surface area contributed by atoms with Gasteiger partial charge < -0.3 is 0 Å². The summed E-state index contributed by atoms with van der Waals surface area (Å²) in [5, 5.41) is 91.2. The summed E-state index contributed by atoms with van der Waals surface area (Å²) in [5.41, 5.74) is 9.95. The van der Waals surface area contributed by atoms with E-state index >= 15 is 0 Å². The van der Waals surface area contributed by atoms with Crippen molar-refractivity contribution < 1.29 is 0 Å². The molecule has 28 aromatic carbocycles. The minimum atomic E-state index is -2.26. The normalized spacial score (nSPS) is 21.4. The first-order chi connectivity index (χ1) is 37.1. The monoisotopic (exact) mass is 952 g/mol. The van der Waals surface area contributed by atoms with Gasteiger partial charge in [-0.1, -0.05) is 54.7 Å². The van der Waals surface area contributed by atoms with Crippen LogP contribution >= 0.6 is 11.3 Å². The molecule has 0 aliphatic heterocycles. The van der Waals surface area contributed by atoms with Crippen LogP contribution in [0.1, 0.15) is 38.3 Å². The summed E-state index contributed by atoms with van der Waals surface area (Å²) in [6, 6.07) is 18.4. The van der Waals surface area contributed by atoms with Gasteiger partial charge in [0.05, 0.1) is 13.5 Å². The topological polar surface area (TPSA) is 0 Å². The first kappa shape index (κ1) is 29.5. The zero-order valence-corrected chi connectivity index (χ0v) is 41.1. The van der Waals surface area contributed by atoms with E-state index in [9.17, 15) is 0 Å². The Balaban J connectivity index is 1.13. The Bertz CT molecular complexity index is 7770. The van der Waals surface area contributed by atoms with Crippen molar-refractivity contribution >= 4 is 305 Å². The average molecular weight is 953 g/mol. The summed E-state index contributed by atoms with van der Waals surface area (Å²) in [6.07, 6.45) is 0. The number of rotatable bonds is 4. The minimum absolute atomic E-state index is 0.284. The van der Waals surface area contributed by atoms with E-state index in [2.05, 4.69) is 72.3 Å². The summed E-state index contributed by atoms with van der Waals surface area (Å²) < 4.78 is 0. The largest absolute Gasteiger partial charge is 0.147 e. The molecule has 0 fully saturated rings. The lowest BCUT2D eigenvalue weighted by molar-refractivity contribution is 0.630. The van der Waals surface area contributed by atoms with Crippen molar-refractivity contribution in [1.29, 1.82) is 0 Å². The molecule has 2 heteroatoms. The number of hydrogen-bond donors (Lipinski definition) is 0. The second kappa shape index (κ2) is 6.87. The van der Waals surface area contributed by atoms with Crippen LogP contribution in [0.15, 0.2) is 47.8 Å². The highest BCUT2D eigenvalue weighted by Gasteiger charge is 2.68. The molecule has 0 saturated carbocycles. The number of thiophene rings is 1. The Morgan fingerprint density at radius 1 is 0.267 bits per heavy atom. The van der Waals surface area contributed by atoms with E-state index in [1.165, 1.54) is 6.04 Å². The van der Waals surface area contributed by atoms with Crippen molar-refractivity contribution in [3.8, 4) is 0 Å². The molecule has 318 valence electrons. The highest BCUT2D eigenvalue weighted by Crippen LogP contribution is 2.85. The molecule has 0 nitrogen and oxygen atoms in total. The molecule has 0 N–H and O–H groups in total. The lowest BCUT2D eigenvalue weighted by Crippen LogP contribution is -2.51. The smallest absolute Gasteiger partial charge is 0.0826 e. The van der Waals surface area contributed by atoms with Gasteiger partial charge in [-0.2, -0.15) is 0 Å². The van der Waals surface area contributed by atoms with Crippen molar-refractivity contribution in [2.75, 3.05) is 0 Å². The Labute approximate surface area is 418 Å². The maximum Gasteiger partial charge on any atom is 0.0826 e. The van der Waals surface area contributed by atoms with E-state index in [-0.39, 0.29) is 5.41 Å². The molecule has 0 spiro atoms. The molecule has 34 rings (SSSR count).